The highest BCUT2D eigenvalue weighted by atomic mass is 16.8. The van der Waals surface area contributed by atoms with Crippen molar-refractivity contribution < 1.29 is 14.6 Å². The molecule has 2 aliphatic rings. The second kappa shape index (κ2) is 9.96. The normalized spacial score (nSPS) is 24.3. The van der Waals surface area contributed by atoms with Crippen LogP contribution in [0.4, 0.5) is 0 Å². The molecule has 2 aromatic carbocycles. The van der Waals surface area contributed by atoms with Crippen LogP contribution in [0.1, 0.15) is 44.1 Å². The molecule has 0 aliphatic carbocycles. The topological polar surface area (TPSA) is 72.6 Å². The van der Waals surface area contributed by atoms with Crippen molar-refractivity contribution in [2.45, 2.75) is 57.2 Å². The summed E-state index contributed by atoms with van der Waals surface area (Å²) >= 11 is 0. The van der Waals surface area contributed by atoms with Gasteiger partial charge in [-0.25, -0.2) is 0 Å². The van der Waals surface area contributed by atoms with Crippen molar-refractivity contribution in [1.29, 1.82) is 0 Å². The average Bonchev–Trinajstić information content (AvgIpc) is 3.46. The first kappa shape index (κ1) is 23.2. The summed E-state index contributed by atoms with van der Waals surface area (Å²) in [6.45, 7) is 6.29. The van der Waals surface area contributed by atoms with Crippen LogP contribution in [0.25, 0.3) is 5.69 Å². The molecule has 3 atom stereocenters. The SMILES string of the molecule is CC1(C)OC(c2cnn(-c3ccccc3)n2)C(C(O)CN2CCC(Cc3ccccc3)CC2)O1. The molecular weight excluding hydrogens is 428 g/mol. The van der Waals surface area contributed by atoms with Crippen LogP contribution in [0.5, 0.6) is 0 Å². The van der Waals surface area contributed by atoms with E-state index in [9.17, 15) is 5.11 Å². The fraction of sp³-hybridized carbons (Fsp3) is 0.481. The van der Waals surface area contributed by atoms with E-state index < -0.39 is 24.1 Å². The molecule has 0 bridgehead atoms. The summed E-state index contributed by atoms with van der Waals surface area (Å²) in [5.41, 5.74) is 2.95. The van der Waals surface area contributed by atoms with Crippen LogP contribution in [-0.2, 0) is 15.9 Å². The summed E-state index contributed by atoms with van der Waals surface area (Å²) in [4.78, 5) is 3.93. The molecule has 3 aromatic rings. The Morgan fingerprint density at radius 3 is 2.38 bits per heavy atom. The highest BCUT2D eigenvalue weighted by molar-refractivity contribution is 5.28. The van der Waals surface area contributed by atoms with E-state index in [1.807, 2.05) is 44.2 Å². The van der Waals surface area contributed by atoms with Crippen LogP contribution in [0, 0.1) is 5.92 Å². The molecular formula is C27H34N4O3. The first-order valence-electron chi connectivity index (χ1n) is 12.2. The average molecular weight is 463 g/mol. The van der Waals surface area contributed by atoms with Gasteiger partial charge in [0.05, 0.1) is 18.0 Å². The molecule has 1 N–H and O–H groups in total. The maximum absolute atomic E-state index is 11.2. The van der Waals surface area contributed by atoms with E-state index in [4.69, 9.17) is 9.47 Å². The van der Waals surface area contributed by atoms with Crippen molar-refractivity contribution in [3.05, 3.63) is 78.1 Å². The number of hydrogen-bond donors (Lipinski definition) is 1. The minimum absolute atomic E-state index is 0.474. The molecule has 7 nitrogen and oxygen atoms in total. The van der Waals surface area contributed by atoms with Gasteiger partial charge in [-0.2, -0.15) is 15.0 Å². The standard InChI is InChI=1S/C27H34N4O3/c1-27(2)33-25(23-18-28-31(29-23)22-11-7-4-8-12-22)26(34-27)24(32)19-30-15-13-21(14-16-30)17-20-9-5-3-6-10-20/h3-12,18,21,24-26,32H,13-17,19H2,1-2H3. The summed E-state index contributed by atoms with van der Waals surface area (Å²) < 4.78 is 12.3. The van der Waals surface area contributed by atoms with Gasteiger partial charge in [-0.05, 0) is 69.8 Å². The number of benzene rings is 2. The second-order valence-corrected chi connectivity index (χ2v) is 9.92. The monoisotopic (exact) mass is 462 g/mol. The predicted molar refractivity (Wildman–Crippen MR) is 129 cm³/mol. The number of ether oxygens (including phenoxy) is 2. The molecule has 180 valence electrons. The smallest absolute Gasteiger partial charge is 0.164 e. The Bertz CT molecular complexity index is 1050. The number of aliphatic hydroxyl groups excluding tert-OH is 1. The Labute approximate surface area is 201 Å². The van der Waals surface area contributed by atoms with Crippen molar-refractivity contribution in [2.24, 2.45) is 5.92 Å². The number of aliphatic hydroxyl groups is 1. The first-order valence-corrected chi connectivity index (χ1v) is 12.2. The molecule has 2 saturated heterocycles. The van der Waals surface area contributed by atoms with E-state index in [0.29, 0.717) is 18.2 Å². The van der Waals surface area contributed by atoms with Gasteiger partial charge in [-0.3, -0.25) is 0 Å². The van der Waals surface area contributed by atoms with Crippen molar-refractivity contribution in [1.82, 2.24) is 19.9 Å². The molecule has 0 amide bonds. The Balaban J connectivity index is 1.20. The van der Waals surface area contributed by atoms with Crippen LogP contribution in [-0.4, -0.2) is 62.6 Å². The van der Waals surface area contributed by atoms with E-state index in [1.165, 1.54) is 5.56 Å². The minimum Gasteiger partial charge on any atom is -0.389 e. The molecule has 34 heavy (non-hydrogen) atoms. The van der Waals surface area contributed by atoms with Crippen LogP contribution >= 0.6 is 0 Å². The lowest BCUT2D eigenvalue weighted by Crippen LogP contribution is -2.44. The van der Waals surface area contributed by atoms with Crippen molar-refractivity contribution in [2.75, 3.05) is 19.6 Å². The molecule has 3 unspecified atom stereocenters. The lowest BCUT2D eigenvalue weighted by molar-refractivity contribution is -0.157. The van der Waals surface area contributed by atoms with Crippen molar-refractivity contribution in [3.8, 4) is 5.69 Å². The molecule has 0 spiro atoms. The number of rotatable bonds is 7. The maximum Gasteiger partial charge on any atom is 0.164 e. The van der Waals surface area contributed by atoms with Gasteiger partial charge in [0.25, 0.3) is 0 Å². The highest BCUT2D eigenvalue weighted by Crippen LogP contribution is 2.39. The maximum atomic E-state index is 11.2. The third-order valence-corrected chi connectivity index (χ3v) is 6.82. The number of piperidine rings is 1. The Morgan fingerprint density at radius 1 is 1.00 bits per heavy atom. The number of aromatic nitrogens is 3. The summed E-state index contributed by atoms with van der Waals surface area (Å²) in [5, 5.41) is 20.2. The van der Waals surface area contributed by atoms with Crippen molar-refractivity contribution in [3.63, 3.8) is 0 Å². The van der Waals surface area contributed by atoms with E-state index in [2.05, 4.69) is 45.4 Å². The van der Waals surface area contributed by atoms with Gasteiger partial charge in [0.2, 0.25) is 0 Å². The van der Waals surface area contributed by atoms with E-state index in [1.54, 1.807) is 11.0 Å². The predicted octanol–water partition coefficient (Wildman–Crippen LogP) is 3.78. The fourth-order valence-corrected chi connectivity index (χ4v) is 5.08. The summed E-state index contributed by atoms with van der Waals surface area (Å²) in [5.74, 6) is -0.100. The molecule has 7 heteroatoms. The minimum atomic E-state index is -0.796. The molecule has 2 fully saturated rings. The zero-order valence-electron chi connectivity index (χ0n) is 20.0. The van der Waals surface area contributed by atoms with Gasteiger partial charge in [0.1, 0.15) is 17.9 Å². The van der Waals surface area contributed by atoms with E-state index >= 15 is 0 Å². The first-order chi connectivity index (χ1) is 16.5. The zero-order chi connectivity index (χ0) is 23.5. The molecule has 1 aromatic heterocycles. The number of hydrogen-bond acceptors (Lipinski definition) is 6. The summed E-state index contributed by atoms with van der Waals surface area (Å²) in [6, 6.07) is 20.5. The lowest BCUT2D eigenvalue weighted by Gasteiger charge is -2.34. The fourth-order valence-electron chi connectivity index (χ4n) is 5.08. The number of para-hydroxylation sites is 1. The molecule has 3 heterocycles. The number of β-amino-alcohol motifs (C(OH)–C–C–N with tert-alkyl or cyclic N) is 1. The Morgan fingerprint density at radius 2 is 1.68 bits per heavy atom. The van der Waals surface area contributed by atoms with Gasteiger partial charge >= 0.3 is 0 Å². The molecule has 2 aliphatic heterocycles. The van der Waals surface area contributed by atoms with Crippen LogP contribution in [0.2, 0.25) is 0 Å². The summed E-state index contributed by atoms with van der Waals surface area (Å²) in [6.07, 6.45) is 3.46. The van der Waals surface area contributed by atoms with Crippen LogP contribution in [0.15, 0.2) is 66.9 Å². The van der Waals surface area contributed by atoms with Gasteiger partial charge in [-0.1, -0.05) is 48.5 Å². The van der Waals surface area contributed by atoms with Gasteiger partial charge < -0.3 is 19.5 Å². The van der Waals surface area contributed by atoms with E-state index in [-0.39, 0.29) is 0 Å². The van der Waals surface area contributed by atoms with Gasteiger partial charge in [-0.15, -0.1) is 0 Å². The van der Waals surface area contributed by atoms with Crippen LogP contribution in [0.3, 0.4) is 0 Å². The lowest BCUT2D eigenvalue weighted by atomic mass is 9.90. The molecule has 0 radical (unpaired) electrons. The molecule has 5 rings (SSSR count). The molecule has 0 saturated carbocycles. The zero-order valence-corrected chi connectivity index (χ0v) is 20.0. The largest absolute Gasteiger partial charge is 0.389 e. The Hall–Kier alpha value is -2.58. The van der Waals surface area contributed by atoms with Gasteiger partial charge in [0, 0.05) is 6.54 Å². The third-order valence-electron chi connectivity index (χ3n) is 6.82. The third kappa shape index (κ3) is 5.39. The van der Waals surface area contributed by atoms with Gasteiger partial charge in [0.15, 0.2) is 5.79 Å². The van der Waals surface area contributed by atoms with Crippen LogP contribution < -0.4 is 0 Å². The number of nitrogens with zero attached hydrogens (tertiary/aromatic N) is 4. The Kier molecular flexibility index (Phi) is 6.79. The quantitative estimate of drug-likeness (QED) is 0.576. The van der Waals surface area contributed by atoms with E-state index in [0.717, 1.165) is 38.0 Å². The number of likely N-dealkylation sites (tertiary alicyclic amines) is 1. The highest BCUT2D eigenvalue weighted by Gasteiger charge is 2.47. The second-order valence-electron chi connectivity index (χ2n) is 9.92. The van der Waals surface area contributed by atoms with Crippen molar-refractivity contribution >= 4 is 0 Å². The summed E-state index contributed by atoms with van der Waals surface area (Å²) in [7, 11) is 0.